The van der Waals surface area contributed by atoms with Crippen molar-refractivity contribution in [3.05, 3.63) is 0 Å². The largest absolute Gasteiger partial charge is 0.397 e. The van der Waals surface area contributed by atoms with Gasteiger partial charge in [0, 0.05) is 0 Å². The van der Waals surface area contributed by atoms with Crippen LogP contribution in [0, 0.1) is 0 Å². The van der Waals surface area contributed by atoms with Crippen LogP contribution in [0.1, 0.15) is 97.3 Å². The van der Waals surface area contributed by atoms with Gasteiger partial charge in [0.1, 0.15) is 0 Å². The molecule has 0 aromatic heterocycles. The minimum absolute atomic E-state index is 0.357. The first kappa shape index (κ1) is 20.9. The Hall–Kier alpha value is -0.130. The van der Waals surface area contributed by atoms with Crippen LogP contribution in [-0.4, -0.2) is 19.1 Å². The van der Waals surface area contributed by atoms with E-state index in [1.807, 2.05) is 0 Å². The smallest absolute Gasteiger partial charge is 0.264 e. The maximum atomic E-state index is 10.8. The van der Waals surface area contributed by atoms with Crippen LogP contribution in [0.5, 0.6) is 0 Å². The van der Waals surface area contributed by atoms with Gasteiger partial charge in [-0.05, 0) is 12.8 Å². The van der Waals surface area contributed by atoms with Gasteiger partial charge in [-0.2, -0.15) is 8.42 Å². The molecule has 5 heteroatoms. The van der Waals surface area contributed by atoms with Crippen LogP contribution in [-0.2, 0) is 14.6 Å². The zero-order chi connectivity index (χ0) is 16.0. The van der Waals surface area contributed by atoms with Crippen LogP contribution < -0.4 is 0 Å². The summed E-state index contributed by atoms with van der Waals surface area (Å²) < 4.78 is 35.1. The van der Waals surface area contributed by atoms with Gasteiger partial charge in [-0.15, -0.1) is 0 Å². The van der Waals surface area contributed by atoms with E-state index in [1.54, 1.807) is 0 Å². The normalized spacial score (nSPS) is 13.5. The van der Waals surface area contributed by atoms with Crippen molar-refractivity contribution in [3.63, 3.8) is 0 Å². The highest BCUT2D eigenvalue weighted by atomic mass is 32.3. The Bertz CT molecular complexity index is 314. The Morgan fingerprint density at radius 3 is 1.67 bits per heavy atom. The predicted molar refractivity (Wildman–Crippen MR) is 87.8 cm³/mol. The van der Waals surface area contributed by atoms with Crippen molar-refractivity contribution in [3.8, 4) is 0 Å². The van der Waals surface area contributed by atoms with E-state index in [-0.39, 0.29) is 6.10 Å². The second-order valence-corrected chi connectivity index (χ2v) is 6.95. The maximum absolute atomic E-state index is 10.8. The van der Waals surface area contributed by atoms with Crippen molar-refractivity contribution in [1.29, 1.82) is 0 Å². The van der Waals surface area contributed by atoms with Gasteiger partial charge in [0.05, 0.1) is 6.10 Å². The summed E-state index contributed by atoms with van der Waals surface area (Å²) in [4.78, 5) is 0. The molecule has 0 aromatic carbocycles. The first-order valence-electron chi connectivity index (χ1n) is 8.65. The van der Waals surface area contributed by atoms with Gasteiger partial charge >= 0.3 is 10.4 Å². The molecule has 21 heavy (non-hydrogen) atoms. The number of unbranched alkanes of at least 4 members (excludes halogenated alkanes) is 9. The Labute approximate surface area is 131 Å². The fraction of sp³-hybridized carbons (Fsp3) is 1.00. The van der Waals surface area contributed by atoms with E-state index in [0.29, 0.717) is 6.42 Å². The molecule has 1 atom stereocenters. The lowest BCUT2D eigenvalue weighted by molar-refractivity contribution is 0.158. The predicted octanol–water partition coefficient (Wildman–Crippen LogP) is 5.29. The van der Waals surface area contributed by atoms with Crippen molar-refractivity contribution in [2.75, 3.05) is 0 Å². The van der Waals surface area contributed by atoms with Crippen molar-refractivity contribution in [1.82, 2.24) is 0 Å². The van der Waals surface area contributed by atoms with Gasteiger partial charge < -0.3 is 0 Å². The third-order valence-corrected chi connectivity index (χ3v) is 4.28. The molecule has 0 amide bonds. The minimum Gasteiger partial charge on any atom is -0.264 e. The summed E-state index contributed by atoms with van der Waals surface area (Å²) in [6.45, 7) is 4.28. The van der Waals surface area contributed by atoms with Gasteiger partial charge in [0.25, 0.3) is 0 Å². The highest BCUT2D eigenvalue weighted by Crippen LogP contribution is 2.17. The fourth-order valence-electron chi connectivity index (χ4n) is 2.53. The van der Waals surface area contributed by atoms with E-state index < -0.39 is 10.4 Å². The minimum atomic E-state index is -4.31. The molecule has 0 spiro atoms. The van der Waals surface area contributed by atoms with Crippen LogP contribution in [0.3, 0.4) is 0 Å². The van der Waals surface area contributed by atoms with Crippen LogP contribution >= 0.6 is 0 Å². The second kappa shape index (κ2) is 13.5. The zero-order valence-corrected chi connectivity index (χ0v) is 14.7. The van der Waals surface area contributed by atoms with E-state index in [4.69, 9.17) is 8.74 Å². The Kier molecular flexibility index (Phi) is 13.4. The monoisotopic (exact) mass is 322 g/mol. The van der Waals surface area contributed by atoms with Crippen LogP contribution in [0.4, 0.5) is 0 Å². The summed E-state index contributed by atoms with van der Waals surface area (Å²) in [7, 11) is -4.31. The highest BCUT2D eigenvalue weighted by Gasteiger charge is 2.16. The Morgan fingerprint density at radius 2 is 1.19 bits per heavy atom. The summed E-state index contributed by atoms with van der Waals surface area (Å²) >= 11 is 0. The van der Waals surface area contributed by atoms with Crippen molar-refractivity contribution >= 4 is 10.4 Å². The first-order chi connectivity index (χ1) is 9.99. The summed E-state index contributed by atoms with van der Waals surface area (Å²) in [5.74, 6) is 0. The average molecular weight is 323 g/mol. The third kappa shape index (κ3) is 16.1. The van der Waals surface area contributed by atoms with E-state index >= 15 is 0 Å². The number of hydrogen-bond acceptors (Lipinski definition) is 3. The van der Waals surface area contributed by atoms with Crippen LogP contribution in [0.2, 0.25) is 0 Å². The zero-order valence-electron chi connectivity index (χ0n) is 13.8. The molecule has 128 valence electrons. The Balaban J connectivity index is 3.63. The number of rotatable bonds is 15. The summed E-state index contributed by atoms with van der Waals surface area (Å²) in [5.41, 5.74) is 0. The van der Waals surface area contributed by atoms with Gasteiger partial charge in [0.2, 0.25) is 0 Å². The standard InChI is InChI=1S/C16H34O4S/c1-3-5-7-8-9-10-11-12-13-15-16(14-6-4-2)20-21(17,18)19/h16H,3-15H2,1-2H3,(H,17,18,19). The van der Waals surface area contributed by atoms with Gasteiger partial charge in [0.15, 0.2) is 0 Å². The van der Waals surface area contributed by atoms with E-state index in [0.717, 1.165) is 32.1 Å². The average Bonchev–Trinajstić information content (AvgIpc) is 2.41. The molecule has 0 fully saturated rings. The second-order valence-electron chi connectivity index (χ2n) is 5.91. The van der Waals surface area contributed by atoms with Gasteiger partial charge in [-0.1, -0.05) is 84.5 Å². The molecule has 0 aromatic rings. The SMILES string of the molecule is CCCCCCCCCCCC(CCCC)OS(=O)(=O)O. The number of hydrogen-bond donors (Lipinski definition) is 1. The highest BCUT2D eigenvalue weighted by molar-refractivity contribution is 7.80. The van der Waals surface area contributed by atoms with Gasteiger partial charge in [-0.3, -0.25) is 4.55 Å². The van der Waals surface area contributed by atoms with Crippen molar-refractivity contribution in [2.24, 2.45) is 0 Å². The topological polar surface area (TPSA) is 63.6 Å². The fourth-order valence-corrected chi connectivity index (χ4v) is 3.06. The molecule has 0 radical (unpaired) electrons. The Morgan fingerprint density at radius 1 is 0.762 bits per heavy atom. The summed E-state index contributed by atoms with van der Waals surface area (Å²) in [6.07, 6.45) is 14.2. The summed E-state index contributed by atoms with van der Waals surface area (Å²) in [6, 6.07) is 0. The lowest BCUT2D eigenvalue weighted by Crippen LogP contribution is -2.18. The molecule has 0 aliphatic rings. The van der Waals surface area contributed by atoms with E-state index in [1.165, 1.54) is 44.9 Å². The molecule has 0 bridgehead atoms. The van der Waals surface area contributed by atoms with Crippen LogP contribution in [0.25, 0.3) is 0 Å². The van der Waals surface area contributed by atoms with E-state index in [2.05, 4.69) is 13.8 Å². The molecule has 0 saturated heterocycles. The van der Waals surface area contributed by atoms with E-state index in [9.17, 15) is 8.42 Å². The molecule has 1 unspecified atom stereocenters. The molecule has 4 nitrogen and oxygen atoms in total. The molecular formula is C16H34O4S. The molecular weight excluding hydrogens is 288 g/mol. The molecule has 0 aliphatic heterocycles. The molecule has 0 aliphatic carbocycles. The molecule has 1 N–H and O–H groups in total. The lowest BCUT2D eigenvalue weighted by Gasteiger charge is -2.14. The van der Waals surface area contributed by atoms with Gasteiger partial charge in [-0.25, -0.2) is 4.18 Å². The quantitative estimate of drug-likeness (QED) is 0.329. The molecule has 0 rings (SSSR count). The van der Waals surface area contributed by atoms with Crippen molar-refractivity contribution in [2.45, 2.75) is 103 Å². The summed E-state index contributed by atoms with van der Waals surface area (Å²) in [5, 5.41) is 0. The molecule has 0 saturated carbocycles. The third-order valence-electron chi connectivity index (χ3n) is 3.77. The maximum Gasteiger partial charge on any atom is 0.397 e. The lowest BCUT2D eigenvalue weighted by atomic mass is 10.0. The molecule has 0 heterocycles. The van der Waals surface area contributed by atoms with Crippen LogP contribution in [0.15, 0.2) is 0 Å². The first-order valence-corrected chi connectivity index (χ1v) is 10.0. The van der Waals surface area contributed by atoms with Crippen molar-refractivity contribution < 1.29 is 17.2 Å².